The van der Waals surface area contributed by atoms with Crippen LogP contribution in [0.2, 0.25) is 0 Å². The van der Waals surface area contributed by atoms with Crippen LogP contribution in [0.1, 0.15) is 6.92 Å². The largest absolute Gasteiger partial charge is 0.497 e. The molecular weight excluding hydrogens is 366 g/mol. The van der Waals surface area contributed by atoms with Crippen LogP contribution in [0.5, 0.6) is 23.0 Å². The quantitative estimate of drug-likeness (QED) is 0.291. The smallest absolute Gasteiger partial charge is 0.225 e. The first kappa shape index (κ1) is 20.0. The second-order valence-electron chi connectivity index (χ2n) is 6.13. The van der Waals surface area contributed by atoms with Crippen LogP contribution < -0.4 is 18.9 Å². The molecule has 5 nitrogen and oxygen atoms in total. The van der Waals surface area contributed by atoms with Gasteiger partial charge in [0.15, 0.2) is 0 Å². The molecule has 0 heterocycles. The van der Waals surface area contributed by atoms with Crippen LogP contribution in [0, 0.1) is 0 Å². The topological polar surface area (TPSA) is 49.3 Å². The summed E-state index contributed by atoms with van der Waals surface area (Å²) in [5, 5.41) is 0. The molecule has 29 heavy (non-hydrogen) atoms. The van der Waals surface area contributed by atoms with E-state index in [4.69, 9.17) is 18.9 Å². The minimum atomic E-state index is 0.423. The second-order valence-corrected chi connectivity index (χ2v) is 6.13. The first-order valence-electron chi connectivity index (χ1n) is 9.11. The van der Waals surface area contributed by atoms with Crippen molar-refractivity contribution in [2.24, 2.45) is 4.99 Å². The summed E-state index contributed by atoms with van der Waals surface area (Å²) in [4.78, 5) is 4.64. The first-order chi connectivity index (χ1) is 14.2. The molecule has 0 aliphatic rings. The van der Waals surface area contributed by atoms with Crippen molar-refractivity contribution in [1.82, 2.24) is 0 Å². The number of hydrogen-bond donors (Lipinski definition) is 0. The summed E-state index contributed by atoms with van der Waals surface area (Å²) in [5.74, 6) is 3.12. The van der Waals surface area contributed by atoms with E-state index in [0.29, 0.717) is 23.1 Å². The fourth-order valence-electron chi connectivity index (χ4n) is 2.47. The molecular formula is C24H23NO4. The van der Waals surface area contributed by atoms with E-state index in [2.05, 4.69) is 4.99 Å². The molecule has 3 rings (SSSR count). The lowest BCUT2D eigenvalue weighted by Gasteiger charge is -2.11. The molecule has 0 aromatic heterocycles. The van der Waals surface area contributed by atoms with Gasteiger partial charge in [-0.1, -0.05) is 30.3 Å². The average molecular weight is 389 g/mol. The molecule has 0 atom stereocenters. The van der Waals surface area contributed by atoms with Gasteiger partial charge in [-0.15, -0.1) is 0 Å². The monoisotopic (exact) mass is 389 g/mol. The minimum Gasteiger partial charge on any atom is -0.497 e. The van der Waals surface area contributed by atoms with Gasteiger partial charge in [-0.25, -0.2) is 4.99 Å². The van der Waals surface area contributed by atoms with Crippen molar-refractivity contribution in [1.29, 1.82) is 0 Å². The highest BCUT2D eigenvalue weighted by Crippen LogP contribution is 2.23. The zero-order valence-corrected chi connectivity index (χ0v) is 16.7. The molecule has 5 heteroatoms. The lowest BCUT2D eigenvalue weighted by molar-refractivity contribution is 0.408. The summed E-state index contributed by atoms with van der Waals surface area (Å²) in [5.41, 5.74) is 1.50. The summed E-state index contributed by atoms with van der Waals surface area (Å²) in [7, 11) is 3.23. The van der Waals surface area contributed by atoms with Gasteiger partial charge in [0.2, 0.25) is 5.90 Å². The van der Waals surface area contributed by atoms with Crippen molar-refractivity contribution >= 4 is 11.6 Å². The van der Waals surface area contributed by atoms with Crippen molar-refractivity contribution in [3.05, 3.63) is 90.7 Å². The third kappa shape index (κ3) is 5.87. The van der Waals surface area contributed by atoms with E-state index < -0.39 is 0 Å². The molecule has 0 amide bonds. The van der Waals surface area contributed by atoms with Crippen LogP contribution in [-0.2, 0) is 0 Å². The third-order valence-electron chi connectivity index (χ3n) is 3.99. The second kappa shape index (κ2) is 9.99. The van der Waals surface area contributed by atoms with Gasteiger partial charge in [0.1, 0.15) is 23.0 Å². The van der Waals surface area contributed by atoms with Crippen LogP contribution in [-0.4, -0.2) is 20.1 Å². The third-order valence-corrected chi connectivity index (χ3v) is 3.99. The Morgan fingerprint density at radius 1 is 0.724 bits per heavy atom. The maximum absolute atomic E-state index is 6.05. The van der Waals surface area contributed by atoms with Gasteiger partial charge >= 0.3 is 0 Å². The van der Waals surface area contributed by atoms with E-state index in [0.717, 1.165) is 17.0 Å². The Kier molecular flexibility index (Phi) is 6.90. The van der Waals surface area contributed by atoms with E-state index in [1.54, 1.807) is 32.6 Å². The lowest BCUT2D eigenvalue weighted by Crippen LogP contribution is -2.11. The predicted molar refractivity (Wildman–Crippen MR) is 115 cm³/mol. The van der Waals surface area contributed by atoms with Crippen molar-refractivity contribution in [3.63, 3.8) is 0 Å². The fraction of sp³-hybridized carbons (Fsp3) is 0.125. The van der Waals surface area contributed by atoms with Gasteiger partial charge in [0.05, 0.1) is 26.2 Å². The standard InChI is InChI=1S/C24H23NO4/c1-18(17-28-22-13-7-11-20(15-22)26-2)24(25-19-9-5-4-6-10-19)29-23-14-8-12-21(16-23)27-3/h4-17H,1-3H3/b18-17+,25-24-. The number of benzene rings is 3. The summed E-state index contributed by atoms with van der Waals surface area (Å²) >= 11 is 0. The van der Waals surface area contributed by atoms with Crippen LogP contribution in [0.3, 0.4) is 0 Å². The molecule has 0 radical (unpaired) electrons. The van der Waals surface area contributed by atoms with Crippen molar-refractivity contribution < 1.29 is 18.9 Å². The van der Waals surface area contributed by atoms with Crippen molar-refractivity contribution in [3.8, 4) is 23.0 Å². The maximum Gasteiger partial charge on any atom is 0.225 e. The summed E-state index contributed by atoms with van der Waals surface area (Å²) in [6.45, 7) is 1.88. The van der Waals surface area contributed by atoms with Crippen LogP contribution >= 0.6 is 0 Å². The molecule has 0 saturated carbocycles. The average Bonchev–Trinajstić information content (AvgIpc) is 2.78. The van der Waals surface area contributed by atoms with Crippen molar-refractivity contribution in [2.45, 2.75) is 6.92 Å². The summed E-state index contributed by atoms with van der Waals surface area (Å²) in [6, 6.07) is 24.4. The van der Waals surface area contributed by atoms with E-state index in [1.165, 1.54) is 0 Å². The minimum absolute atomic E-state index is 0.423. The molecule has 148 valence electrons. The highest BCUT2D eigenvalue weighted by molar-refractivity contribution is 5.96. The molecule has 0 saturated heterocycles. The number of rotatable bonds is 7. The van der Waals surface area contributed by atoms with Crippen LogP contribution in [0.15, 0.2) is 95.7 Å². The van der Waals surface area contributed by atoms with Gasteiger partial charge in [-0.3, -0.25) is 0 Å². The Balaban J connectivity index is 1.87. The molecule has 3 aromatic carbocycles. The van der Waals surface area contributed by atoms with E-state index in [1.807, 2.05) is 73.7 Å². The number of ether oxygens (including phenoxy) is 4. The van der Waals surface area contributed by atoms with Gasteiger partial charge in [0.25, 0.3) is 0 Å². The molecule has 0 bridgehead atoms. The molecule has 3 aromatic rings. The molecule has 0 aliphatic heterocycles. The van der Waals surface area contributed by atoms with Crippen molar-refractivity contribution in [2.75, 3.05) is 14.2 Å². The Labute approximate surface area is 170 Å². The number of para-hydroxylation sites is 1. The fourth-order valence-corrected chi connectivity index (χ4v) is 2.47. The number of hydrogen-bond acceptors (Lipinski definition) is 5. The van der Waals surface area contributed by atoms with Crippen LogP contribution in [0.25, 0.3) is 0 Å². The summed E-state index contributed by atoms with van der Waals surface area (Å²) < 4.78 is 22.3. The number of aliphatic imine (C=N–C) groups is 1. The van der Waals surface area contributed by atoms with E-state index >= 15 is 0 Å². The van der Waals surface area contributed by atoms with Gasteiger partial charge < -0.3 is 18.9 Å². The molecule has 0 N–H and O–H groups in total. The maximum atomic E-state index is 6.05. The van der Waals surface area contributed by atoms with E-state index in [-0.39, 0.29) is 0 Å². The van der Waals surface area contributed by atoms with Gasteiger partial charge in [0, 0.05) is 17.7 Å². The normalized spacial score (nSPS) is 11.7. The zero-order chi connectivity index (χ0) is 20.5. The number of nitrogens with zero attached hydrogens (tertiary/aromatic N) is 1. The molecule has 0 fully saturated rings. The lowest BCUT2D eigenvalue weighted by atomic mass is 10.3. The zero-order valence-electron chi connectivity index (χ0n) is 16.7. The Morgan fingerprint density at radius 3 is 1.97 bits per heavy atom. The highest BCUT2D eigenvalue weighted by Gasteiger charge is 2.09. The highest BCUT2D eigenvalue weighted by atomic mass is 16.5. The van der Waals surface area contributed by atoms with Crippen LogP contribution in [0.4, 0.5) is 5.69 Å². The van der Waals surface area contributed by atoms with E-state index in [9.17, 15) is 0 Å². The Hall–Kier alpha value is -3.73. The predicted octanol–water partition coefficient (Wildman–Crippen LogP) is 5.80. The van der Waals surface area contributed by atoms with Gasteiger partial charge in [-0.05, 0) is 43.3 Å². The Morgan fingerprint density at radius 2 is 1.31 bits per heavy atom. The number of methoxy groups -OCH3 is 2. The molecule has 0 spiro atoms. The van der Waals surface area contributed by atoms with Gasteiger partial charge in [-0.2, -0.15) is 0 Å². The first-order valence-corrected chi connectivity index (χ1v) is 9.11. The molecule has 0 unspecified atom stereocenters. The Bertz CT molecular complexity index is 997. The SMILES string of the molecule is COc1cccc(O/C=C(C)/C(=N/c2ccccc2)Oc2cccc(OC)c2)c1. The summed E-state index contributed by atoms with van der Waals surface area (Å²) in [6.07, 6.45) is 1.61. The molecule has 0 aliphatic carbocycles.